The van der Waals surface area contributed by atoms with Gasteiger partial charge in [-0.25, -0.2) is 4.98 Å². The second kappa shape index (κ2) is 2.30. The van der Waals surface area contributed by atoms with Gasteiger partial charge in [-0.1, -0.05) is 0 Å². The highest BCUT2D eigenvalue weighted by Gasteiger charge is 1.96. The largest absolute Gasteiger partial charge is 0.428 e. The van der Waals surface area contributed by atoms with Gasteiger partial charge >= 0.3 is 0 Å². The van der Waals surface area contributed by atoms with E-state index in [1.54, 1.807) is 0 Å². The van der Waals surface area contributed by atoms with Crippen LogP contribution in [0.5, 0.6) is 0 Å². The predicted octanol–water partition coefficient (Wildman–Crippen LogP) is -0.00180. The molecule has 0 aliphatic carbocycles. The summed E-state index contributed by atoms with van der Waals surface area (Å²) in [4.78, 5) is 13.4. The first-order valence-corrected chi connectivity index (χ1v) is 2.46. The number of rotatable bonds is 2. The summed E-state index contributed by atoms with van der Waals surface area (Å²) in [6.07, 6.45) is 2.41. The molecule has 4 heteroatoms. The zero-order chi connectivity index (χ0) is 6.69. The van der Waals surface area contributed by atoms with Gasteiger partial charge in [-0.3, -0.25) is 0 Å². The summed E-state index contributed by atoms with van der Waals surface area (Å²) in [5.41, 5.74) is 5.12. The highest BCUT2D eigenvalue weighted by atomic mass is 16.4. The van der Waals surface area contributed by atoms with Crippen molar-refractivity contribution in [2.24, 2.45) is 0 Å². The molecule has 0 atom stereocenters. The molecule has 1 heterocycles. The number of anilines is 1. The highest BCUT2D eigenvalue weighted by molar-refractivity contribution is 5.53. The van der Waals surface area contributed by atoms with E-state index in [9.17, 15) is 4.79 Å². The van der Waals surface area contributed by atoms with Crippen molar-refractivity contribution in [3.63, 3.8) is 0 Å². The van der Waals surface area contributed by atoms with Crippen molar-refractivity contribution >= 4 is 12.3 Å². The summed E-state index contributed by atoms with van der Waals surface area (Å²) in [5, 5.41) is 0. The van der Waals surface area contributed by atoms with Gasteiger partial charge in [0.2, 0.25) is 0 Å². The van der Waals surface area contributed by atoms with Crippen LogP contribution >= 0.6 is 0 Å². The third kappa shape index (κ3) is 1.28. The van der Waals surface area contributed by atoms with E-state index in [1.165, 1.54) is 6.20 Å². The Bertz CT molecular complexity index is 206. The number of hydrogen-bond donors (Lipinski definition) is 1. The average Bonchev–Trinajstić information content (AvgIpc) is 2.17. The Kier molecular flexibility index (Phi) is 1.48. The number of nitrogens with zero attached hydrogens (tertiary/aromatic N) is 1. The van der Waals surface area contributed by atoms with Crippen molar-refractivity contribution in [1.82, 2.24) is 4.98 Å². The van der Waals surface area contributed by atoms with Gasteiger partial charge in [0.15, 0.2) is 0 Å². The Hall–Kier alpha value is -1.32. The summed E-state index contributed by atoms with van der Waals surface area (Å²) in [6.45, 7) is 0. The summed E-state index contributed by atoms with van der Waals surface area (Å²) in [5.74, 6) is 0.502. The topological polar surface area (TPSA) is 69.1 Å². The van der Waals surface area contributed by atoms with Gasteiger partial charge in [0.25, 0.3) is 6.01 Å². The van der Waals surface area contributed by atoms with Crippen LogP contribution in [0.3, 0.4) is 0 Å². The Morgan fingerprint density at radius 1 is 1.89 bits per heavy atom. The van der Waals surface area contributed by atoms with Gasteiger partial charge in [-0.05, 0) is 0 Å². The molecule has 4 nitrogen and oxygen atoms in total. The van der Waals surface area contributed by atoms with Crippen LogP contribution < -0.4 is 5.73 Å². The summed E-state index contributed by atoms with van der Waals surface area (Å²) < 4.78 is 4.76. The zero-order valence-electron chi connectivity index (χ0n) is 4.70. The molecular weight excluding hydrogens is 120 g/mol. The minimum atomic E-state index is 0.104. The maximum Gasteiger partial charge on any atom is 0.292 e. The van der Waals surface area contributed by atoms with Crippen molar-refractivity contribution in [2.45, 2.75) is 6.42 Å². The van der Waals surface area contributed by atoms with Crippen LogP contribution in [0.25, 0.3) is 0 Å². The maximum atomic E-state index is 9.85. The number of aldehydes is 1. The third-order valence-corrected chi connectivity index (χ3v) is 0.856. The second-order valence-corrected chi connectivity index (χ2v) is 1.54. The molecule has 1 aromatic rings. The first kappa shape index (κ1) is 5.81. The molecule has 48 valence electrons. The highest BCUT2D eigenvalue weighted by Crippen LogP contribution is 2.02. The Balaban J connectivity index is 2.72. The van der Waals surface area contributed by atoms with Gasteiger partial charge in [0.05, 0.1) is 12.6 Å². The van der Waals surface area contributed by atoms with Crippen molar-refractivity contribution in [1.29, 1.82) is 0 Å². The van der Waals surface area contributed by atoms with Crippen molar-refractivity contribution in [3.05, 3.63) is 12.0 Å². The first-order valence-electron chi connectivity index (χ1n) is 2.46. The Labute approximate surface area is 51.7 Å². The zero-order valence-corrected chi connectivity index (χ0v) is 4.70. The van der Waals surface area contributed by atoms with Crippen molar-refractivity contribution < 1.29 is 9.21 Å². The van der Waals surface area contributed by atoms with Gasteiger partial charge in [0.1, 0.15) is 12.0 Å². The van der Waals surface area contributed by atoms with E-state index in [4.69, 9.17) is 10.2 Å². The molecule has 0 radical (unpaired) electrons. The summed E-state index contributed by atoms with van der Waals surface area (Å²) in [6, 6.07) is 0.104. The van der Waals surface area contributed by atoms with Crippen LogP contribution in [0.15, 0.2) is 10.6 Å². The molecule has 0 aliphatic rings. The summed E-state index contributed by atoms with van der Waals surface area (Å²) in [7, 11) is 0. The van der Waals surface area contributed by atoms with Crippen molar-refractivity contribution in [2.75, 3.05) is 5.73 Å². The summed E-state index contributed by atoms with van der Waals surface area (Å²) >= 11 is 0. The van der Waals surface area contributed by atoms with E-state index in [-0.39, 0.29) is 12.4 Å². The van der Waals surface area contributed by atoms with Gasteiger partial charge in [-0.2, -0.15) is 0 Å². The van der Waals surface area contributed by atoms with Crippen LogP contribution in [-0.4, -0.2) is 11.3 Å². The van der Waals surface area contributed by atoms with E-state index >= 15 is 0 Å². The molecule has 0 fully saturated rings. The Morgan fingerprint density at radius 3 is 3.11 bits per heavy atom. The quantitative estimate of drug-likeness (QED) is 0.566. The van der Waals surface area contributed by atoms with Crippen LogP contribution in [0, 0.1) is 0 Å². The molecule has 0 bridgehead atoms. The third-order valence-electron chi connectivity index (χ3n) is 0.856. The predicted molar refractivity (Wildman–Crippen MR) is 30.7 cm³/mol. The number of nitrogen functional groups attached to an aromatic ring is 1. The number of carbonyl (C=O) groups is 1. The van der Waals surface area contributed by atoms with E-state index in [0.717, 1.165) is 6.29 Å². The van der Waals surface area contributed by atoms with E-state index < -0.39 is 0 Å². The number of carbonyl (C=O) groups excluding carboxylic acids is 1. The molecule has 0 aliphatic heterocycles. The van der Waals surface area contributed by atoms with Crippen LogP contribution in [-0.2, 0) is 11.2 Å². The molecular formula is C5H6N2O2. The molecule has 0 unspecified atom stereocenters. The van der Waals surface area contributed by atoms with Crippen LogP contribution in [0.1, 0.15) is 5.76 Å². The monoisotopic (exact) mass is 126 g/mol. The van der Waals surface area contributed by atoms with Crippen LogP contribution in [0.2, 0.25) is 0 Å². The number of nitrogens with two attached hydrogens (primary N) is 1. The Morgan fingerprint density at radius 2 is 2.67 bits per heavy atom. The fourth-order valence-electron chi connectivity index (χ4n) is 0.499. The number of hydrogen-bond acceptors (Lipinski definition) is 4. The normalized spacial score (nSPS) is 9.33. The standard InChI is InChI=1S/C5H6N2O2/c6-5-7-3-4(9-5)1-2-8/h2-3H,1H2,(H2,6,7). The van der Waals surface area contributed by atoms with Gasteiger partial charge in [-0.15, -0.1) is 0 Å². The molecule has 0 saturated carbocycles. The first-order chi connectivity index (χ1) is 4.33. The SMILES string of the molecule is Nc1ncc(CC=O)o1. The molecule has 1 aromatic heterocycles. The molecule has 0 amide bonds. The van der Waals surface area contributed by atoms with E-state index in [1.807, 2.05) is 0 Å². The molecule has 9 heavy (non-hydrogen) atoms. The number of oxazole rings is 1. The lowest BCUT2D eigenvalue weighted by atomic mass is 10.4. The lowest BCUT2D eigenvalue weighted by Crippen LogP contribution is -1.81. The lowest BCUT2D eigenvalue weighted by molar-refractivity contribution is -0.107. The molecule has 0 aromatic carbocycles. The molecule has 0 saturated heterocycles. The van der Waals surface area contributed by atoms with Gasteiger partial charge < -0.3 is 14.9 Å². The van der Waals surface area contributed by atoms with Gasteiger partial charge in [0, 0.05) is 0 Å². The molecule has 2 N–H and O–H groups in total. The van der Waals surface area contributed by atoms with E-state index in [2.05, 4.69) is 4.98 Å². The molecule has 1 rings (SSSR count). The van der Waals surface area contributed by atoms with Crippen LogP contribution in [0.4, 0.5) is 6.01 Å². The lowest BCUT2D eigenvalue weighted by Gasteiger charge is -1.80. The fourth-order valence-corrected chi connectivity index (χ4v) is 0.499. The van der Waals surface area contributed by atoms with Crippen molar-refractivity contribution in [3.8, 4) is 0 Å². The maximum absolute atomic E-state index is 9.85. The minimum Gasteiger partial charge on any atom is -0.428 e. The molecule has 0 spiro atoms. The van der Waals surface area contributed by atoms with E-state index in [0.29, 0.717) is 5.76 Å². The average molecular weight is 126 g/mol. The fraction of sp³-hybridized carbons (Fsp3) is 0.200. The second-order valence-electron chi connectivity index (χ2n) is 1.54. The minimum absolute atomic E-state index is 0.104. The number of aromatic nitrogens is 1. The smallest absolute Gasteiger partial charge is 0.292 e.